The van der Waals surface area contributed by atoms with Crippen LogP contribution in [-0.4, -0.2) is 26.3 Å². The highest BCUT2D eigenvalue weighted by Crippen LogP contribution is 2.41. The lowest BCUT2D eigenvalue weighted by Crippen LogP contribution is -1.96. The number of hydrogen-bond acceptors (Lipinski definition) is 5. The van der Waals surface area contributed by atoms with E-state index in [-0.39, 0.29) is 0 Å². The van der Waals surface area contributed by atoms with Gasteiger partial charge < -0.3 is 18.9 Å². The third kappa shape index (κ3) is 3.14. The number of hydrogen-bond donors (Lipinski definition) is 0. The van der Waals surface area contributed by atoms with Gasteiger partial charge in [0.15, 0.2) is 11.5 Å². The van der Waals surface area contributed by atoms with Crippen LogP contribution in [0.15, 0.2) is 34.9 Å². The first-order valence-electron chi connectivity index (χ1n) is 5.78. The number of rotatable bonds is 5. The molecular weight excluding hydrogens is 326 g/mol. The number of ether oxygens (including phenoxy) is 4. The van der Waals surface area contributed by atoms with Crippen LogP contribution in [0.25, 0.3) is 0 Å². The standard InChI is InChI=1S/C14H14BrNO4/c1-17-10-7-9(8-11(18-2)14(10)19-3)20-13-6-4-5-12(15)16-13/h4-8H,1-3H3. The molecule has 0 unspecified atom stereocenters. The average molecular weight is 340 g/mol. The number of nitrogens with zero attached hydrogens (tertiary/aromatic N) is 1. The predicted molar refractivity (Wildman–Crippen MR) is 78.1 cm³/mol. The summed E-state index contributed by atoms with van der Waals surface area (Å²) in [6, 6.07) is 8.84. The van der Waals surface area contributed by atoms with Crippen molar-refractivity contribution in [3.63, 3.8) is 0 Å². The van der Waals surface area contributed by atoms with E-state index < -0.39 is 0 Å². The zero-order chi connectivity index (χ0) is 14.5. The Balaban J connectivity index is 2.37. The first-order chi connectivity index (χ1) is 9.67. The van der Waals surface area contributed by atoms with Gasteiger partial charge in [0.1, 0.15) is 10.4 Å². The fourth-order valence-corrected chi connectivity index (χ4v) is 2.01. The van der Waals surface area contributed by atoms with Crippen LogP contribution in [0, 0.1) is 0 Å². The molecule has 0 amide bonds. The van der Waals surface area contributed by atoms with Gasteiger partial charge in [0.05, 0.1) is 21.3 Å². The summed E-state index contributed by atoms with van der Waals surface area (Å²) < 4.78 is 22.2. The van der Waals surface area contributed by atoms with Gasteiger partial charge in [0.2, 0.25) is 11.6 Å². The van der Waals surface area contributed by atoms with Crippen LogP contribution in [0.5, 0.6) is 28.9 Å². The Hall–Kier alpha value is -1.95. The molecule has 6 heteroatoms. The normalized spacial score (nSPS) is 10.0. The second-order valence-electron chi connectivity index (χ2n) is 3.76. The highest BCUT2D eigenvalue weighted by molar-refractivity contribution is 9.10. The molecule has 0 saturated heterocycles. The van der Waals surface area contributed by atoms with Crippen molar-refractivity contribution >= 4 is 15.9 Å². The van der Waals surface area contributed by atoms with E-state index in [2.05, 4.69) is 20.9 Å². The minimum absolute atomic E-state index is 0.466. The first-order valence-corrected chi connectivity index (χ1v) is 6.57. The number of methoxy groups -OCH3 is 3. The van der Waals surface area contributed by atoms with Crippen molar-refractivity contribution in [2.75, 3.05) is 21.3 Å². The van der Waals surface area contributed by atoms with Crippen molar-refractivity contribution in [1.29, 1.82) is 0 Å². The van der Waals surface area contributed by atoms with Gasteiger partial charge in [-0.15, -0.1) is 0 Å². The van der Waals surface area contributed by atoms with E-state index in [1.807, 2.05) is 12.1 Å². The van der Waals surface area contributed by atoms with Crippen LogP contribution in [0.2, 0.25) is 0 Å². The molecule has 0 saturated carbocycles. The van der Waals surface area contributed by atoms with Crippen LogP contribution >= 0.6 is 15.9 Å². The third-order valence-electron chi connectivity index (χ3n) is 2.55. The Kier molecular flexibility index (Phi) is 4.68. The minimum Gasteiger partial charge on any atom is -0.493 e. The molecule has 2 aromatic rings. The zero-order valence-electron chi connectivity index (χ0n) is 11.3. The molecule has 0 N–H and O–H groups in total. The Morgan fingerprint density at radius 1 is 0.950 bits per heavy atom. The van der Waals surface area contributed by atoms with Crippen molar-refractivity contribution < 1.29 is 18.9 Å². The van der Waals surface area contributed by atoms with Gasteiger partial charge in [-0.05, 0) is 22.0 Å². The SMILES string of the molecule is COc1cc(Oc2cccc(Br)n2)cc(OC)c1OC. The highest BCUT2D eigenvalue weighted by atomic mass is 79.9. The van der Waals surface area contributed by atoms with Gasteiger partial charge in [-0.1, -0.05) is 6.07 Å². The maximum atomic E-state index is 5.69. The molecule has 0 atom stereocenters. The summed E-state index contributed by atoms with van der Waals surface area (Å²) in [6.07, 6.45) is 0. The highest BCUT2D eigenvalue weighted by Gasteiger charge is 2.14. The number of halogens is 1. The summed E-state index contributed by atoms with van der Waals surface area (Å²) in [5.41, 5.74) is 0. The molecule has 20 heavy (non-hydrogen) atoms. The molecule has 0 radical (unpaired) electrons. The largest absolute Gasteiger partial charge is 0.493 e. The van der Waals surface area contributed by atoms with E-state index in [4.69, 9.17) is 18.9 Å². The van der Waals surface area contributed by atoms with E-state index in [9.17, 15) is 0 Å². The van der Waals surface area contributed by atoms with Gasteiger partial charge >= 0.3 is 0 Å². The van der Waals surface area contributed by atoms with Crippen LogP contribution in [0.4, 0.5) is 0 Å². The van der Waals surface area contributed by atoms with Gasteiger partial charge in [0.25, 0.3) is 0 Å². The third-order valence-corrected chi connectivity index (χ3v) is 2.99. The van der Waals surface area contributed by atoms with Gasteiger partial charge in [-0.25, -0.2) is 4.98 Å². The number of aromatic nitrogens is 1. The molecule has 0 bridgehead atoms. The summed E-state index contributed by atoms with van der Waals surface area (Å²) in [4.78, 5) is 4.20. The number of benzene rings is 1. The second kappa shape index (κ2) is 6.47. The van der Waals surface area contributed by atoms with Gasteiger partial charge in [-0.2, -0.15) is 0 Å². The second-order valence-corrected chi connectivity index (χ2v) is 4.57. The number of pyridine rings is 1. The molecule has 2 rings (SSSR count). The van der Waals surface area contributed by atoms with Crippen LogP contribution in [0.1, 0.15) is 0 Å². The molecular formula is C14H14BrNO4. The Morgan fingerprint density at radius 2 is 1.60 bits per heavy atom. The molecule has 0 aliphatic heterocycles. The van der Waals surface area contributed by atoms with Crippen LogP contribution < -0.4 is 18.9 Å². The molecule has 0 spiro atoms. The van der Waals surface area contributed by atoms with E-state index in [0.29, 0.717) is 33.5 Å². The fourth-order valence-electron chi connectivity index (χ4n) is 1.68. The van der Waals surface area contributed by atoms with Crippen LogP contribution in [-0.2, 0) is 0 Å². The Bertz CT molecular complexity index is 578. The smallest absolute Gasteiger partial charge is 0.220 e. The molecule has 1 aromatic carbocycles. The fraction of sp³-hybridized carbons (Fsp3) is 0.214. The van der Waals surface area contributed by atoms with E-state index in [0.717, 1.165) is 0 Å². The van der Waals surface area contributed by atoms with Crippen molar-refractivity contribution in [1.82, 2.24) is 4.98 Å². The molecule has 0 aliphatic carbocycles. The maximum absolute atomic E-state index is 5.69. The topological polar surface area (TPSA) is 49.8 Å². The summed E-state index contributed by atoms with van der Waals surface area (Å²) in [5.74, 6) is 2.58. The first kappa shape index (κ1) is 14.5. The minimum atomic E-state index is 0.466. The molecule has 5 nitrogen and oxygen atoms in total. The summed E-state index contributed by atoms with van der Waals surface area (Å²) in [6.45, 7) is 0. The summed E-state index contributed by atoms with van der Waals surface area (Å²) >= 11 is 3.29. The van der Waals surface area contributed by atoms with Gasteiger partial charge in [-0.3, -0.25) is 0 Å². The molecule has 0 aliphatic rings. The lowest BCUT2D eigenvalue weighted by Gasteiger charge is -2.14. The van der Waals surface area contributed by atoms with E-state index in [1.54, 1.807) is 39.5 Å². The molecule has 1 heterocycles. The molecule has 0 fully saturated rings. The Labute approximate surface area is 125 Å². The van der Waals surface area contributed by atoms with E-state index >= 15 is 0 Å². The lowest BCUT2D eigenvalue weighted by molar-refractivity contribution is 0.320. The Morgan fingerprint density at radius 3 is 2.10 bits per heavy atom. The van der Waals surface area contributed by atoms with Crippen molar-refractivity contribution in [3.05, 3.63) is 34.9 Å². The lowest BCUT2D eigenvalue weighted by atomic mass is 10.2. The van der Waals surface area contributed by atoms with Crippen molar-refractivity contribution in [2.24, 2.45) is 0 Å². The van der Waals surface area contributed by atoms with E-state index in [1.165, 1.54) is 0 Å². The predicted octanol–water partition coefficient (Wildman–Crippen LogP) is 3.66. The monoisotopic (exact) mass is 339 g/mol. The summed E-state index contributed by atoms with van der Waals surface area (Å²) in [5, 5.41) is 0. The van der Waals surface area contributed by atoms with Gasteiger partial charge in [0, 0.05) is 18.2 Å². The van der Waals surface area contributed by atoms with Crippen LogP contribution in [0.3, 0.4) is 0 Å². The molecule has 106 valence electrons. The molecule has 1 aromatic heterocycles. The summed E-state index contributed by atoms with van der Waals surface area (Å²) in [7, 11) is 4.66. The van der Waals surface area contributed by atoms with Crippen molar-refractivity contribution in [2.45, 2.75) is 0 Å². The van der Waals surface area contributed by atoms with Crippen molar-refractivity contribution in [3.8, 4) is 28.9 Å². The zero-order valence-corrected chi connectivity index (χ0v) is 12.9. The average Bonchev–Trinajstić information content (AvgIpc) is 2.46. The quantitative estimate of drug-likeness (QED) is 0.778. The maximum Gasteiger partial charge on any atom is 0.220 e.